The third-order valence-electron chi connectivity index (χ3n) is 3.26. The average molecular weight is 332 g/mol. The van der Waals surface area contributed by atoms with E-state index in [-0.39, 0.29) is 11.3 Å². The number of nitro groups is 1. The van der Waals surface area contributed by atoms with Crippen molar-refractivity contribution in [2.24, 2.45) is 5.10 Å². The minimum absolute atomic E-state index is 0.107. The van der Waals surface area contributed by atoms with Gasteiger partial charge in [-0.3, -0.25) is 14.9 Å². The van der Waals surface area contributed by atoms with Crippen LogP contribution in [0.3, 0.4) is 0 Å². The highest BCUT2D eigenvalue weighted by Gasteiger charge is 2.14. The largest absolute Gasteiger partial charge is 0.273 e. The summed E-state index contributed by atoms with van der Waals surface area (Å²) in [5.74, 6) is -0.528. The van der Waals surface area contributed by atoms with Gasteiger partial charge in [0.15, 0.2) is 0 Å². The number of nitrogens with one attached hydrogen (secondary N) is 1. The Morgan fingerprint density at radius 2 is 1.96 bits per heavy atom. The van der Waals surface area contributed by atoms with Crippen molar-refractivity contribution in [2.75, 3.05) is 0 Å². The van der Waals surface area contributed by atoms with Crippen molar-refractivity contribution < 1.29 is 9.72 Å². The number of aryl methyl sites for hydroxylation is 1. The van der Waals surface area contributed by atoms with E-state index in [1.54, 1.807) is 32.0 Å². The van der Waals surface area contributed by atoms with Gasteiger partial charge in [0.1, 0.15) is 0 Å². The second-order valence-electron chi connectivity index (χ2n) is 4.88. The smallest absolute Gasteiger partial charge is 0.267 e. The summed E-state index contributed by atoms with van der Waals surface area (Å²) in [7, 11) is 0. The zero-order valence-electron chi connectivity index (χ0n) is 12.5. The van der Waals surface area contributed by atoms with Crippen LogP contribution in [0.2, 0.25) is 5.02 Å². The molecule has 0 heterocycles. The van der Waals surface area contributed by atoms with Crippen LogP contribution in [0.25, 0.3) is 0 Å². The van der Waals surface area contributed by atoms with E-state index in [4.69, 9.17) is 11.6 Å². The molecule has 0 spiro atoms. The number of rotatable bonds is 4. The number of hydrogen-bond acceptors (Lipinski definition) is 4. The van der Waals surface area contributed by atoms with Gasteiger partial charge in [0.2, 0.25) is 0 Å². The molecule has 0 radical (unpaired) electrons. The number of nitrogens with zero attached hydrogens (tertiary/aromatic N) is 2. The average Bonchev–Trinajstić information content (AvgIpc) is 2.52. The predicted octanol–water partition coefficient (Wildman–Crippen LogP) is 3.71. The normalized spacial score (nSPS) is 11.2. The van der Waals surface area contributed by atoms with Gasteiger partial charge in [-0.05, 0) is 26.0 Å². The Hall–Kier alpha value is -2.73. The third-order valence-corrected chi connectivity index (χ3v) is 3.59. The van der Waals surface area contributed by atoms with E-state index in [1.807, 2.05) is 6.07 Å². The van der Waals surface area contributed by atoms with Gasteiger partial charge < -0.3 is 0 Å². The molecule has 0 aliphatic carbocycles. The number of halogens is 1. The van der Waals surface area contributed by atoms with Gasteiger partial charge in [0, 0.05) is 27.8 Å². The van der Waals surface area contributed by atoms with Crippen LogP contribution < -0.4 is 5.43 Å². The highest BCUT2D eigenvalue weighted by atomic mass is 35.5. The van der Waals surface area contributed by atoms with E-state index in [2.05, 4.69) is 10.5 Å². The molecule has 0 fully saturated rings. The summed E-state index contributed by atoms with van der Waals surface area (Å²) in [6, 6.07) is 11.4. The Labute approximate surface area is 137 Å². The van der Waals surface area contributed by atoms with Crippen LogP contribution in [0, 0.1) is 17.0 Å². The van der Waals surface area contributed by atoms with Crippen molar-refractivity contribution in [3.8, 4) is 0 Å². The standard InChI is InChI=1S/C16H14ClN3O3/c1-10-7-8-12(9-15(10)20(22)23)16(21)19-18-11(2)13-5-3-4-6-14(13)17/h3-9H,1-2H3,(H,19,21)/b18-11+. The molecule has 0 aliphatic heterocycles. The summed E-state index contributed by atoms with van der Waals surface area (Å²) >= 11 is 6.06. The van der Waals surface area contributed by atoms with Crippen LogP contribution >= 0.6 is 11.6 Å². The molecule has 0 saturated carbocycles. The van der Waals surface area contributed by atoms with Gasteiger partial charge in [0.25, 0.3) is 11.6 Å². The second kappa shape index (κ2) is 7.02. The number of carbonyl (C=O) groups excluding carboxylic acids is 1. The second-order valence-corrected chi connectivity index (χ2v) is 5.28. The van der Waals surface area contributed by atoms with E-state index in [0.29, 0.717) is 21.9 Å². The van der Waals surface area contributed by atoms with Gasteiger partial charge in [0.05, 0.1) is 10.6 Å². The Morgan fingerprint density at radius 1 is 1.26 bits per heavy atom. The first kappa shape index (κ1) is 16.6. The first-order valence-electron chi connectivity index (χ1n) is 6.74. The Bertz CT molecular complexity index is 803. The molecular formula is C16H14ClN3O3. The Balaban J connectivity index is 2.20. The Morgan fingerprint density at radius 3 is 2.61 bits per heavy atom. The molecule has 7 heteroatoms. The van der Waals surface area contributed by atoms with Crippen molar-refractivity contribution in [3.63, 3.8) is 0 Å². The maximum Gasteiger partial charge on any atom is 0.273 e. The van der Waals surface area contributed by atoms with Crippen molar-refractivity contribution >= 4 is 28.9 Å². The van der Waals surface area contributed by atoms with Crippen LogP contribution in [0.4, 0.5) is 5.69 Å². The SMILES string of the molecule is C/C(=N\NC(=O)c1ccc(C)c([N+](=O)[O-])c1)c1ccccc1Cl. The lowest BCUT2D eigenvalue weighted by Gasteiger charge is -2.05. The van der Waals surface area contributed by atoms with Crippen molar-refractivity contribution in [3.05, 3.63) is 74.3 Å². The van der Waals surface area contributed by atoms with Gasteiger partial charge in [-0.1, -0.05) is 35.9 Å². The van der Waals surface area contributed by atoms with E-state index in [9.17, 15) is 14.9 Å². The number of nitro benzene ring substituents is 1. The molecule has 1 N–H and O–H groups in total. The van der Waals surface area contributed by atoms with Crippen molar-refractivity contribution in [2.45, 2.75) is 13.8 Å². The minimum Gasteiger partial charge on any atom is -0.267 e. The zero-order valence-corrected chi connectivity index (χ0v) is 13.3. The molecule has 0 saturated heterocycles. The number of carbonyl (C=O) groups is 1. The topological polar surface area (TPSA) is 84.6 Å². The molecule has 2 rings (SSSR count). The fourth-order valence-corrected chi connectivity index (χ4v) is 2.23. The molecule has 0 aromatic heterocycles. The van der Waals surface area contributed by atoms with Crippen molar-refractivity contribution in [1.29, 1.82) is 0 Å². The molecule has 0 atom stereocenters. The molecular weight excluding hydrogens is 318 g/mol. The molecule has 0 bridgehead atoms. The first-order chi connectivity index (χ1) is 10.9. The van der Waals surface area contributed by atoms with E-state index in [1.165, 1.54) is 18.2 Å². The quantitative estimate of drug-likeness (QED) is 0.526. The van der Waals surface area contributed by atoms with E-state index in [0.717, 1.165) is 0 Å². The van der Waals surface area contributed by atoms with E-state index < -0.39 is 10.8 Å². The summed E-state index contributed by atoms with van der Waals surface area (Å²) in [6.45, 7) is 3.32. The minimum atomic E-state index is -0.528. The van der Waals surface area contributed by atoms with Crippen LogP contribution in [-0.2, 0) is 0 Å². The highest BCUT2D eigenvalue weighted by Crippen LogP contribution is 2.19. The lowest BCUT2D eigenvalue weighted by atomic mass is 10.1. The molecule has 6 nitrogen and oxygen atoms in total. The predicted molar refractivity (Wildman–Crippen MR) is 89.0 cm³/mol. The fourth-order valence-electron chi connectivity index (χ4n) is 1.96. The number of benzene rings is 2. The number of hydrazone groups is 1. The molecule has 2 aromatic carbocycles. The first-order valence-corrected chi connectivity index (χ1v) is 7.12. The molecule has 0 aliphatic rings. The van der Waals surface area contributed by atoms with Gasteiger partial charge in [-0.15, -0.1) is 0 Å². The summed E-state index contributed by atoms with van der Waals surface area (Å²) in [6.07, 6.45) is 0. The maximum absolute atomic E-state index is 12.1. The van der Waals surface area contributed by atoms with Crippen LogP contribution in [0.15, 0.2) is 47.6 Å². The third kappa shape index (κ3) is 3.92. The lowest BCUT2D eigenvalue weighted by Crippen LogP contribution is -2.19. The lowest BCUT2D eigenvalue weighted by molar-refractivity contribution is -0.385. The summed E-state index contributed by atoms with van der Waals surface area (Å²) in [5, 5.41) is 15.4. The molecule has 0 unspecified atom stereocenters. The van der Waals surface area contributed by atoms with Crippen LogP contribution in [-0.4, -0.2) is 16.5 Å². The van der Waals surface area contributed by atoms with Crippen molar-refractivity contribution in [1.82, 2.24) is 5.43 Å². The summed E-state index contributed by atoms with van der Waals surface area (Å²) < 4.78 is 0. The van der Waals surface area contributed by atoms with Gasteiger partial charge in [-0.2, -0.15) is 5.10 Å². The molecule has 23 heavy (non-hydrogen) atoms. The maximum atomic E-state index is 12.1. The number of amides is 1. The van der Waals surface area contributed by atoms with Crippen LogP contribution in [0.1, 0.15) is 28.4 Å². The zero-order chi connectivity index (χ0) is 17.0. The molecule has 1 amide bonds. The Kier molecular flexibility index (Phi) is 5.08. The monoisotopic (exact) mass is 331 g/mol. The highest BCUT2D eigenvalue weighted by molar-refractivity contribution is 6.34. The summed E-state index contributed by atoms with van der Waals surface area (Å²) in [4.78, 5) is 22.5. The summed E-state index contributed by atoms with van der Waals surface area (Å²) in [5.41, 5.74) is 4.16. The molecule has 118 valence electrons. The number of hydrogen-bond donors (Lipinski definition) is 1. The fraction of sp³-hybridized carbons (Fsp3) is 0.125. The van der Waals surface area contributed by atoms with Crippen LogP contribution in [0.5, 0.6) is 0 Å². The van der Waals surface area contributed by atoms with E-state index >= 15 is 0 Å². The molecule has 2 aromatic rings. The van der Waals surface area contributed by atoms with Gasteiger partial charge in [-0.25, -0.2) is 5.43 Å². The van der Waals surface area contributed by atoms with Gasteiger partial charge >= 0.3 is 0 Å².